The Bertz CT molecular complexity index is 1260. The maximum atomic E-state index is 13.1. The Hall–Kier alpha value is -3.21. The maximum Gasteiger partial charge on any atom is 0.279 e. The second-order valence-electron chi connectivity index (χ2n) is 7.27. The number of thioether (sulfide) groups is 1. The second kappa shape index (κ2) is 9.51. The highest BCUT2D eigenvalue weighted by atomic mass is 35.5. The lowest BCUT2D eigenvalue weighted by Crippen LogP contribution is -2.33. The predicted octanol–water partition coefficient (Wildman–Crippen LogP) is 4.21. The van der Waals surface area contributed by atoms with Crippen molar-refractivity contribution in [2.45, 2.75) is 23.2 Å². The minimum Gasteiger partial charge on any atom is -0.481 e. The number of nitrogens with zero attached hydrogens (tertiary/aromatic N) is 2. The molecule has 0 aliphatic carbocycles. The molecule has 2 aromatic carbocycles. The van der Waals surface area contributed by atoms with Crippen molar-refractivity contribution in [1.29, 1.82) is 0 Å². The van der Waals surface area contributed by atoms with Crippen LogP contribution in [0.15, 0.2) is 58.5 Å². The van der Waals surface area contributed by atoms with E-state index in [1.165, 1.54) is 11.8 Å². The Morgan fingerprint density at radius 1 is 1.25 bits per heavy atom. The zero-order chi connectivity index (χ0) is 22.7. The Morgan fingerprint density at radius 2 is 2.00 bits per heavy atom. The van der Waals surface area contributed by atoms with Crippen LogP contribution in [0, 0.1) is 12.3 Å². The Balaban J connectivity index is 1.66. The first-order valence-electron chi connectivity index (χ1n) is 9.91. The van der Waals surface area contributed by atoms with Gasteiger partial charge in [-0.1, -0.05) is 59.6 Å². The number of carbonyl (C=O) groups is 1. The van der Waals surface area contributed by atoms with Gasteiger partial charge in [-0.25, -0.2) is 0 Å². The molecule has 0 saturated heterocycles. The monoisotopic (exact) mass is 465 g/mol. The minimum absolute atomic E-state index is 0.154. The van der Waals surface area contributed by atoms with Gasteiger partial charge in [-0.05, 0) is 29.3 Å². The number of nitrogens with one attached hydrogen (secondary N) is 1. The molecule has 162 valence electrons. The Kier molecular flexibility index (Phi) is 6.54. The fourth-order valence-electron chi connectivity index (χ4n) is 3.63. The average molecular weight is 466 g/mol. The van der Waals surface area contributed by atoms with Crippen molar-refractivity contribution in [3.63, 3.8) is 0 Å². The lowest BCUT2D eigenvalue weighted by molar-refractivity contribution is -0.116. The van der Waals surface area contributed by atoms with Crippen molar-refractivity contribution in [3.05, 3.63) is 80.6 Å². The zero-order valence-electron chi connectivity index (χ0n) is 17.3. The standard InChI is InChI=1S/C24H20ClN3O3S/c1-3-12-31-17-10-8-15(9-11-17)18-13-20(29)26-22-21(18)23(30)27-24(28(22)2)32-14-16-6-4-5-7-19(16)25/h1,4-11,18H,12-14H2,2H3,(H,26,29). The van der Waals surface area contributed by atoms with Crippen LogP contribution in [0.3, 0.4) is 0 Å². The van der Waals surface area contributed by atoms with Crippen molar-refractivity contribution in [2.75, 3.05) is 11.9 Å². The summed E-state index contributed by atoms with van der Waals surface area (Å²) in [4.78, 5) is 29.9. The lowest BCUT2D eigenvalue weighted by atomic mass is 9.87. The first-order valence-corrected chi connectivity index (χ1v) is 11.3. The number of benzene rings is 2. The molecule has 1 aliphatic rings. The quantitative estimate of drug-likeness (QED) is 0.335. The van der Waals surface area contributed by atoms with Gasteiger partial charge in [0.25, 0.3) is 5.56 Å². The van der Waals surface area contributed by atoms with E-state index < -0.39 is 5.92 Å². The zero-order valence-corrected chi connectivity index (χ0v) is 18.9. The third-order valence-electron chi connectivity index (χ3n) is 5.22. The van der Waals surface area contributed by atoms with Crippen LogP contribution in [-0.2, 0) is 17.6 Å². The van der Waals surface area contributed by atoms with E-state index in [1.54, 1.807) is 23.7 Å². The molecule has 32 heavy (non-hydrogen) atoms. The smallest absolute Gasteiger partial charge is 0.279 e. The van der Waals surface area contributed by atoms with Crippen LogP contribution in [0.4, 0.5) is 5.82 Å². The minimum atomic E-state index is -0.394. The molecular weight excluding hydrogens is 446 g/mol. The van der Waals surface area contributed by atoms with E-state index in [-0.39, 0.29) is 24.5 Å². The third-order valence-corrected chi connectivity index (χ3v) is 6.67. The summed E-state index contributed by atoms with van der Waals surface area (Å²) < 4.78 is 7.17. The summed E-state index contributed by atoms with van der Waals surface area (Å²) in [7, 11) is 1.79. The van der Waals surface area contributed by atoms with Crippen LogP contribution < -0.4 is 15.6 Å². The Morgan fingerprint density at radius 3 is 2.72 bits per heavy atom. The molecule has 1 unspecified atom stereocenters. The fraction of sp³-hybridized carbons (Fsp3) is 0.208. The number of carbonyl (C=O) groups excluding carboxylic acids is 1. The summed E-state index contributed by atoms with van der Waals surface area (Å²) in [5, 5.41) is 4.02. The predicted molar refractivity (Wildman–Crippen MR) is 126 cm³/mol. The molecule has 6 nitrogen and oxygen atoms in total. The van der Waals surface area contributed by atoms with E-state index in [2.05, 4.69) is 16.2 Å². The molecule has 1 amide bonds. The number of halogens is 1. The molecule has 0 spiro atoms. The van der Waals surface area contributed by atoms with E-state index >= 15 is 0 Å². The molecule has 0 bridgehead atoms. The van der Waals surface area contributed by atoms with Gasteiger partial charge < -0.3 is 14.6 Å². The molecule has 0 fully saturated rings. The fourth-order valence-corrected chi connectivity index (χ4v) is 4.88. The number of amides is 1. The maximum absolute atomic E-state index is 13.1. The second-order valence-corrected chi connectivity index (χ2v) is 8.62. The van der Waals surface area contributed by atoms with Crippen LogP contribution in [0.2, 0.25) is 5.02 Å². The molecule has 1 atom stereocenters. The number of hydrogen-bond donors (Lipinski definition) is 1. The molecule has 0 radical (unpaired) electrons. The molecular formula is C24H20ClN3O3S. The summed E-state index contributed by atoms with van der Waals surface area (Å²) in [5.74, 6) is 3.52. The van der Waals surface area contributed by atoms with Crippen LogP contribution in [0.5, 0.6) is 5.75 Å². The van der Waals surface area contributed by atoms with Gasteiger partial charge in [-0.3, -0.25) is 9.59 Å². The van der Waals surface area contributed by atoms with Gasteiger partial charge in [-0.2, -0.15) is 4.98 Å². The average Bonchev–Trinajstić information content (AvgIpc) is 2.79. The SMILES string of the molecule is C#CCOc1ccc(C2CC(=O)Nc3c2c(=O)nc(SCc2ccccc2Cl)n3C)cc1. The van der Waals surface area contributed by atoms with Crippen LogP contribution in [0.25, 0.3) is 0 Å². The molecule has 8 heteroatoms. The molecule has 1 aromatic heterocycles. The number of anilines is 1. The lowest BCUT2D eigenvalue weighted by Gasteiger charge is -2.27. The summed E-state index contributed by atoms with van der Waals surface area (Å²) in [5.41, 5.74) is 1.91. The summed E-state index contributed by atoms with van der Waals surface area (Å²) in [6.07, 6.45) is 5.39. The largest absolute Gasteiger partial charge is 0.481 e. The topological polar surface area (TPSA) is 73.2 Å². The van der Waals surface area contributed by atoms with E-state index in [0.29, 0.717) is 33.1 Å². The Labute approximate surface area is 195 Å². The molecule has 0 saturated carbocycles. The normalized spacial score (nSPS) is 14.9. The van der Waals surface area contributed by atoms with Gasteiger partial charge in [0, 0.05) is 30.2 Å². The molecule has 1 N–H and O–H groups in total. The van der Waals surface area contributed by atoms with Crippen LogP contribution >= 0.6 is 23.4 Å². The molecule has 1 aliphatic heterocycles. The molecule has 2 heterocycles. The van der Waals surface area contributed by atoms with Crippen molar-refractivity contribution < 1.29 is 9.53 Å². The van der Waals surface area contributed by atoms with Crippen molar-refractivity contribution in [1.82, 2.24) is 9.55 Å². The molecule has 4 rings (SSSR count). The van der Waals surface area contributed by atoms with Gasteiger partial charge in [0.1, 0.15) is 18.2 Å². The number of hydrogen-bond acceptors (Lipinski definition) is 5. The number of fused-ring (bicyclic) bond motifs is 1. The van der Waals surface area contributed by atoms with Crippen LogP contribution in [-0.4, -0.2) is 22.1 Å². The number of rotatable bonds is 6. The summed E-state index contributed by atoms with van der Waals surface area (Å²) in [6.45, 7) is 0.174. The van der Waals surface area contributed by atoms with E-state index in [0.717, 1.165) is 11.1 Å². The van der Waals surface area contributed by atoms with Gasteiger partial charge in [0.2, 0.25) is 5.91 Å². The van der Waals surface area contributed by atoms with Gasteiger partial charge >= 0.3 is 0 Å². The van der Waals surface area contributed by atoms with Crippen molar-refractivity contribution >= 4 is 35.1 Å². The number of ether oxygens (including phenoxy) is 1. The summed E-state index contributed by atoms with van der Waals surface area (Å²) in [6, 6.07) is 14.8. The van der Waals surface area contributed by atoms with Crippen molar-refractivity contribution in [3.8, 4) is 18.1 Å². The number of aromatic nitrogens is 2. The number of terminal acetylenes is 1. The van der Waals surface area contributed by atoms with E-state index in [4.69, 9.17) is 22.8 Å². The third kappa shape index (κ3) is 4.52. The summed E-state index contributed by atoms with van der Waals surface area (Å²) >= 11 is 7.64. The van der Waals surface area contributed by atoms with E-state index in [9.17, 15) is 9.59 Å². The van der Waals surface area contributed by atoms with Gasteiger partial charge in [0.15, 0.2) is 5.16 Å². The van der Waals surface area contributed by atoms with E-state index in [1.807, 2.05) is 36.4 Å². The van der Waals surface area contributed by atoms with Gasteiger partial charge in [0.05, 0.1) is 5.56 Å². The van der Waals surface area contributed by atoms with Crippen LogP contribution in [0.1, 0.15) is 29.0 Å². The van der Waals surface area contributed by atoms with Crippen molar-refractivity contribution in [2.24, 2.45) is 7.05 Å². The highest BCUT2D eigenvalue weighted by Crippen LogP contribution is 2.36. The highest BCUT2D eigenvalue weighted by Gasteiger charge is 2.32. The van der Waals surface area contributed by atoms with Gasteiger partial charge in [-0.15, -0.1) is 6.42 Å². The first-order chi connectivity index (χ1) is 15.5. The first kappa shape index (κ1) is 22.0. The molecule has 3 aromatic rings. The highest BCUT2D eigenvalue weighted by molar-refractivity contribution is 7.98.